The molecule has 0 spiro atoms. The van der Waals surface area contributed by atoms with Gasteiger partial charge in [0.1, 0.15) is 24.2 Å². The summed E-state index contributed by atoms with van der Waals surface area (Å²) in [4.78, 5) is 19.6. The minimum Gasteiger partial charge on any atom is -0.457 e. The number of para-hydroxylation sites is 2. The second kappa shape index (κ2) is 10.5. The van der Waals surface area contributed by atoms with Gasteiger partial charge in [-0.3, -0.25) is 0 Å². The Bertz CT molecular complexity index is 576. The Morgan fingerprint density at radius 1 is 0.875 bits per heavy atom. The lowest BCUT2D eigenvalue weighted by Crippen LogP contribution is -2.20. The van der Waals surface area contributed by atoms with E-state index in [-0.39, 0.29) is 6.61 Å². The van der Waals surface area contributed by atoms with Gasteiger partial charge in [0.05, 0.1) is 0 Å². The highest BCUT2D eigenvalue weighted by atomic mass is 16.7. The minimum absolute atomic E-state index is 0.290. The van der Waals surface area contributed by atoms with Crippen molar-refractivity contribution in [3.63, 3.8) is 0 Å². The zero-order valence-electron chi connectivity index (χ0n) is 13.0. The average Bonchev–Trinajstić information content (AvgIpc) is 2.55. The molecule has 0 aromatic heterocycles. The first-order valence-electron chi connectivity index (χ1n) is 7.00. The molecule has 0 aliphatic rings. The standard InChI is InChI=1S/C12H10O.C5H8O6/c1-3-7-11(8-4-1)13-12-9-5-2-6-10-12;1-3(11-5(8)9)2-10-4(6)7/h1-10H;3H,2H2,1H3,(H,6,7)(H,8,9). The van der Waals surface area contributed by atoms with Crippen molar-refractivity contribution in [1.82, 2.24) is 0 Å². The van der Waals surface area contributed by atoms with E-state index in [9.17, 15) is 9.59 Å². The van der Waals surface area contributed by atoms with Gasteiger partial charge in [0.15, 0.2) is 0 Å². The van der Waals surface area contributed by atoms with Crippen molar-refractivity contribution in [2.45, 2.75) is 13.0 Å². The van der Waals surface area contributed by atoms with Crippen molar-refractivity contribution >= 4 is 12.3 Å². The smallest absolute Gasteiger partial charge is 0.457 e. The Labute approximate surface area is 139 Å². The van der Waals surface area contributed by atoms with Gasteiger partial charge in [0.25, 0.3) is 0 Å². The van der Waals surface area contributed by atoms with Gasteiger partial charge in [0, 0.05) is 0 Å². The lowest BCUT2D eigenvalue weighted by Gasteiger charge is -2.08. The van der Waals surface area contributed by atoms with E-state index < -0.39 is 18.4 Å². The van der Waals surface area contributed by atoms with Crippen LogP contribution in [0.25, 0.3) is 0 Å². The molecule has 2 N–H and O–H groups in total. The number of hydrogen-bond acceptors (Lipinski definition) is 5. The zero-order chi connectivity index (χ0) is 17.8. The van der Waals surface area contributed by atoms with Gasteiger partial charge >= 0.3 is 12.3 Å². The first-order chi connectivity index (χ1) is 11.5. The Morgan fingerprint density at radius 3 is 1.71 bits per heavy atom. The van der Waals surface area contributed by atoms with Crippen LogP contribution in [0.4, 0.5) is 9.59 Å². The molecule has 1 atom stereocenters. The topological polar surface area (TPSA) is 102 Å². The average molecular weight is 334 g/mol. The molecule has 7 heteroatoms. The van der Waals surface area contributed by atoms with Gasteiger partial charge in [-0.25, -0.2) is 9.59 Å². The Balaban J connectivity index is 0.000000245. The lowest BCUT2D eigenvalue weighted by atomic mass is 10.3. The molecule has 0 heterocycles. The van der Waals surface area contributed by atoms with E-state index in [0.29, 0.717) is 0 Å². The van der Waals surface area contributed by atoms with E-state index in [0.717, 1.165) is 11.5 Å². The summed E-state index contributed by atoms with van der Waals surface area (Å²) in [6.45, 7) is 1.10. The van der Waals surface area contributed by atoms with Crippen LogP contribution in [-0.2, 0) is 9.47 Å². The fourth-order valence-corrected chi connectivity index (χ4v) is 1.51. The van der Waals surface area contributed by atoms with Gasteiger partial charge in [-0.15, -0.1) is 0 Å². The van der Waals surface area contributed by atoms with Crippen LogP contribution in [0.15, 0.2) is 60.7 Å². The second-order valence-electron chi connectivity index (χ2n) is 4.50. The van der Waals surface area contributed by atoms with E-state index in [1.165, 1.54) is 6.92 Å². The molecule has 2 aromatic rings. The molecule has 7 nitrogen and oxygen atoms in total. The third-order valence-electron chi connectivity index (χ3n) is 2.47. The maximum atomic E-state index is 9.83. The molecular formula is C17H18O7. The zero-order valence-corrected chi connectivity index (χ0v) is 13.0. The number of carboxylic acid groups (broad SMARTS) is 2. The summed E-state index contributed by atoms with van der Waals surface area (Å²) in [6, 6.07) is 19.5. The predicted molar refractivity (Wildman–Crippen MR) is 85.5 cm³/mol. The summed E-state index contributed by atoms with van der Waals surface area (Å²) in [5, 5.41) is 16.0. The van der Waals surface area contributed by atoms with Crippen LogP contribution in [0, 0.1) is 0 Å². The van der Waals surface area contributed by atoms with Crippen molar-refractivity contribution in [3.8, 4) is 11.5 Å². The molecule has 0 aliphatic heterocycles. The Morgan fingerprint density at radius 2 is 1.33 bits per heavy atom. The predicted octanol–water partition coefficient (Wildman–Crippen LogP) is 4.24. The molecule has 0 aliphatic carbocycles. The van der Waals surface area contributed by atoms with Gasteiger partial charge in [0.2, 0.25) is 0 Å². The summed E-state index contributed by atoms with van der Waals surface area (Å²) < 4.78 is 13.7. The van der Waals surface area contributed by atoms with Crippen LogP contribution in [0.1, 0.15) is 6.92 Å². The molecule has 2 rings (SSSR count). The number of rotatable bonds is 5. The van der Waals surface area contributed by atoms with E-state index in [2.05, 4.69) is 9.47 Å². The Hall–Kier alpha value is -3.22. The first-order valence-corrected chi connectivity index (χ1v) is 7.00. The summed E-state index contributed by atoms with van der Waals surface area (Å²) in [5.41, 5.74) is 0. The van der Waals surface area contributed by atoms with Gasteiger partial charge < -0.3 is 24.4 Å². The van der Waals surface area contributed by atoms with E-state index >= 15 is 0 Å². The van der Waals surface area contributed by atoms with E-state index in [1.54, 1.807) is 0 Å². The van der Waals surface area contributed by atoms with Gasteiger partial charge in [-0.05, 0) is 31.2 Å². The molecule has 128 valence electrons. The highest BCUT2D eigenvalue weighted by Crippen LogP contribution is 2.19. The van der Waals surface area contributed by atoms with Gasteiger partial charge in [-0.1, -0.05) is 36.4 Å². The minimum atomic E-state index is -1.45. The molecule has 0 saturated heterocycles. The number of carbonyl (C=O) groups is 2. The van der Waals surface area contributed by atoms with Gasteiger partial charge in [-0.2, -0.15) is 0 Å². The van der Waals surface area contributed by atoms with E-state index in [1.807, 2.05) is 60.7 Å². The number of ether oxygens (including phenoxy) is 3. The summed E-state index contributed by atoms with van der Waals surface area (Å²) in [5.74, 6) is 1.74. The van der Waals surface area contributed by atoms with Crippen molar-refractivity contribution in [3.05, 3.63) is 60.7 Å². The van der Waals surface area contributed by atoms with Crippen molar-refractivity contribution < 1.29 is 34.0 Å². The van der Waals surface area contributed by atoms with Crippen LogP contribution < -0.4 is 4.74 Å². The van der Waals surface area contributed by atoms with Crippen molar-refractivity contribution in [1.29, 1.82) is 0 Å². The maximum Gasteiger partial charge on any atom is 0.506 e. The molecule has 0 radical (unpaired) electrons. The van der Waals surface area contributed by atoms with Crippen LogP contribution in [0.3, 0.4) is 0 Å². The largest absolute Gasteiger partial charge is 0.506 e. The molecule has 2 aromatic carbocycles. The highest BCUT2D eigenvalue weighted by molar-refractivity contribution is 5.58. The highest BCUT2D eigenvalue weighted by Gasteiger charge is 2.09. The van der Waals surface area contributed by atoms with Crippen molar-refractivity contribution in [2.75, 3.05) is 6.61 Å². The first kappa shape index (κ1) is 18.8. The SMILES string of the molecule is CC(COC(=O)O)OC(=O)O.c1ccc(Oc2ccccc2)cc1. The Kier molecular flexibility index (Phi) is 8.23. The number of benzene rings is 2. The molecular weight excluding hydrogens is 316 g/mol. The molecule has 0 amide bonds. The molecule has 0 bridgehead atoms. The summed E-state index contributed by atoms with van der Waals surface area (Å²) in [7, 11) is 0. The van der Waals surface area contributed by atoms with Crippen molar-refractivity contribution in [2.24, 2.45) is 0 Å². The third kappa shape index (κ3) is 8.93. The quantitative estimate of drug-likeness (QED) is 0.788. The fourth-order valence-electron chi connectivity index (χ4n) is 1.51. The lowest BCUT2D eigenvalue weighted by molar-refractivity contribution is 0.0122. The monoisotopic (exact) mass is 334 g/mol. The van der Waals surface area contributed by atoms with Crippen LogP contribution in [-0.4, -0.2) is 35.2 Å². The maximum absolute atomic E-state index is 9.83. The summed E-state index contributed by atoms with van der Waals surface area (Å²) in [6.07, 6.45) is -3.68. The normalized spacial score (nSPS) is 10.5. The molecule has 0 fully saturated rings. The van der Waals surface area contributed by atoms with Crippen LogP contribution >= 0.6 is 0 Å². The second-order valence-corrected chi connectivity index (χ2v) is 4.50. The number of hydrogen-bond donors (Lipinski definition) is 2. The summed E-state index contributed by atoms with van der Waals surface area (Å²) >= 11 is 0. The van der Waals surface area contributed by atoms with E-state index in [4.69, 9.17) is 14.9 Å². The molecule has 0 saturated carbocycles. The molecule has 24 heavy (non-hydrogen) atoms. The van der Waals surface area contributed by atoms with Crippen LogP contribution in [0.5, 0.6) is 11.5 Å². The third-order valence-corrected chi connectivity index (χ3v) is 2.47. The fraction of sp³-hybridized carbons (Fsp3) is 0.176. The molecule has 1 unspecified atom stereocenters. The van der Waals surface area contributed by atoms with Crippen LogP contribution in [0.2, 0.25) is 0 Å².